The molecule has 2 fully saturated rings. The van der Waals surface area contributed by atoms with Crippen molar-refractivity contribution in [2.45, 2.75) is 5.41 Å². The van der Waals surface area contributed by atoms with Gasteiger partial charge in [0.05, 0.1) is 16.7 Å². The molecule has 11 heteroatoms. The van der Waals surface area contributed by atoms with Gasteiger partial charge in [-0.25, -0.2) is 18.7 Å². The van der Waals surface area contributed by atoms with E-state index in [-0.39, 0.29) is 23.9 Å². The van der Waals surface area contributed by atoms with Gasteiger partial charge in [-0.2, -0.15) is 10.2 Å². The van der Waals surface area contributed by atoms with Gasteiger partial charge in [-0.05, 0) is 36.1 Å². The van der Waals surface area contributed by atoms with Crippen molar-refractivity contribution in [2.24, 2.45) is 24.6 Å². The monoisotopic (exact) mass is 506 g/mol. The summed E-state index contributed by atoms with van der Waals surface area (Å²) < 4.78 is 30.9. The number of anilines is 1. The normalized spacial score (nSPS) is 23.1. The fourth-order valence-corrected chi connectivity index (χ4v) is 6.43. The number of nitrogens with zero attached hydrogens (tertiary/aromatic N) is 6. The lowest BCUT2D eigenvalue weighted by atomic mass is 9.89. The third-order valence-corrected chi connectivity index (χ3v) is 8.28. The first-order chi connectivity index (χ1) is 17.4. The zero-order chi connectivity index (χ0) is 24.8. The van der Waals surface area contributed by atoms with Crippen molar-refractivity contribution in [3.63, 3.8) is 0 Å². The van der Waals surface area contributed by atoms with Gasteiger partial charge in [0.15, 0.2) is 5.65 Å². The minimum atomic E-state index is -0.674. The van der Waals surface area contributed by atoms with E-state index >= 15 is 0 Å². The second-order valence-corrected chi connectivity index (χ2v) is 10.00. The third-order valence-electron chi connectivity index (χ3n) is 7.88. The number of nitrogens with two attached hydrogens (primary N) is 1. The molecule has 0 bridgehead atoms. The number of aryl methyl sites for hydroxylation is 1. The quantitative estimate of drug-likeness (QED) is 0.384. The van der Waals surface area contributed by atoms with Gasteiger partial charge in [0.2, 0.25) is 0 Å². The molecule has 1 saturated carbocycles. The molecule has 3 aromatic heterocycles. The van der Waals surface area contributed by atoms with Crippen LogP contribution >= 0.6 is 11.6 Å². The number of aromatic amines is 1. The minimum Gasteiger partial charge on any atom is -0.355 e. The fourth-order valence-electron chi connectivity index (χ4n) is 6.13. The Morgan fingerprint density at radius 1 is 1.17 bits per heavy atom. The van der Waals surface area contributed by atoms with Gasteiger partial charge in [0, 0.05) is 54.8 Å². The van der Waals surface area contributed by atoms with E-state index in [0.717, 1.165) is 16.5 Å². The molecule has 3 atom stereocenters. The molecule has 2 aromatic carbocycles. The lowest BCUT2D eigenvalue weighted by Gasteiger charge is -2.27. The molecule has 1 unspecified atom stereocenters. The Morgan fingerprint density at radius 2 is 1.92 bits per heavy atom. The molecule has 2 aliphatic rings. The van der Waals surface area contributed by atoms with Crippen molar-refractivity contribution < 1.29 is 8.78 Å². The van der Waals surface area contributed by atoms with Gasteiger partial charge in [0.1, 0.15) is 28.7 Å². The number of hydrogen-bond donors (Lipinski definition) is 2. The van der Waals surface area contributed by atoms with Gasteiger partial charge < -0.3 is 10.6 Å². The summed E-state index contributed by atoms with van der Waals surface area (Å²) in [6.07, 6.45) is 3.57. The van der Waals surface area contributed by atoms with Crippen LogP contribution in [0.5, 0.6) is 0 Å². The Kier molecular flexibility index (Phi) is 4.47. The van der Waals surface area contributed by atoms with Crippen molar-refractivity contribution in [3.05, 3.63) is 64.9 Å². The molecule has 0 radical (unpaired) electrons. The maximum absolute atomic E-state index is 14.6. The summed E-state index contributed by atoms with van der Waals surface area (Å²) >= 11 is 6.69. The van der Waals surface area contributed by atoms with Crippen LogP contribution in [0.3, 0.4) is 0 Å². The standard InChI is InChI=1S/C25H21ClF2N8/c1-35-8-13-18(34-35)6-5-12(21(13)26)22-23-24(33-32-22)31-19(7-30-23)36-9-14-15(10-36)25(14,11-29)20-16(27)3-2-4-17(20)28/h2-8,14-15H,9-11,29H2,1H3,(H,31,32,33)/t14-,15+,25?. The number of halogens is 3. The van der Waals surface area contributed by atoms with Gasteiger partial charge in [-0.3, -0.25) is 9.78 Å². The average Bonchev–Trinajstić information content (AvgIpc) is 3.32. The first kappa shape index (κ1) is 21.6. The summed E-state index contributed by atoms with van der Waals surface area (Å²) in [6, 6.07) is 7.77. The van der Waals surface area contributed by atoms with Crippen LogP contribution in [-0.2, 0) is 12.5 Å². The van der Waals surface area contributed by atoms with Crippen molar-refractivity contribution in [1.29, 1.82) is 0 Å². The number of rotatable bonds is 4. The van der Waals surface area contributed by atoms with E-state index < -0.39 is 17.0 Å². The molecule has 7 rings (SSSR count). The number of H-pyrrole nitrogens is 1. The largest absolute Gasteiger partial charge is 0.355 e. The highest BCUT2D eigenvalue weighted by atomic mass is 35.5. The summed E-state index contributed by atoms with van der Waals surface area (Å²) in [6.45, 7) is 1.39. The highest BCUT2D eigenvalue weighted by Gasteiger charge is 2.69. The first-order valence-electron chi connectivity index (χ1n) is 11.6. The Labute approximate surface area is 209 Å². The van der Waals surface area contributed by atoms with Crippen LogP contribution in [0.2, 0.25) is 5.02 Å². The van der Waals surface area contributed by atoms with Crippen LogP contribution in [-0.4, -0.2) is 49.6 Å². The summed E-state index contributed by atoms with van der Waals surface area (Å²) in [5.41, 5.74) is 8.83. The average molecular weight is 507 g/mol. The Balaban J connectivity index is 1.19. The summed E-state index contributed by atoms with van der Waals surface area (Å²) in [4.78, 5) is 11.5. The Hall–Kier alpha value is -3.63. The van der Waals surface area contributed by atoms with Gasteiger partial charge in [0.25, 0.3) is 0 Å². The van der Waals surface area contributed by atoms with Crippen molar-refractivity contribution in [2.75, 3.05) is 24.5 Å². The number of hydrogen-bond acceptors (Lipinski definition) is 6. The van der Waals surface area contributed by atoms with Crippen molar-refractivity contribution in [1.82, 2.24) is 29.9 Å². The fraction of sp³-hybridized carbons (Fsp3) is 0.280. The summed E-state index contributed by atoms with van der Waals surface area (Å²) in [7, 11) is 1.85. The zero-order valence-electron chi connectivity index (χ0n) is 19.2. The number of aromatic nitrogens is 6. The molecule has 36 heavy (non-hydrogen) atoms. The minimum absolute atomic E-state index is 0.0498. The molecule has 0 spiro atoms. The molecular formula is C25H21ClF2N8. The Morgan fingerprint density at radius 3 is 2.64 bits per heavy atom. The zero-order valence-corrected chi connectivity index (χ0v) is 20.0. The molecule has 1 aliphatic heterocycles. The SMILES string of the molecule is Cn1cc2c(Cl)c(-c3n[nH]c4nc(N5C[C@@H]6[C@H](C5)C6(CN)c5c(F)cccc5F)cnc34)ccc2n1. The van der Waals surface area contributed by atoms with Crippen LogP contribution in [0.1, 0.15) is 5.56 Å². The van der Waals surface area contributed by atoms with Crippen LogP contribution < -0.4 is 10.6 Å². The lowest BCUT2D eigenvalue weighted by Crippen LogP contribution is -2.36. The van der Waals surface area contributed by atoms with E-state index in [1.165, 1.54) is 18.2 Å². The second-order valence-electron chi connectivity index (χ2n) is 9.62. The van der Waals surface area contributed by atoms with Crippen LogP contribution in [0, 0.1) is 23.5 Å². The predicted octanol–water partition coefficient (Wildman–Crippen LogP) is 3.80. The topological polar surface area (TPSA) is 102 Å². The smallest absolute Gasteiger partial charge is 0.177 e. The summed E-state index contributed by atoms with van der Waals surface area (Å²) in [5.74, 6) is -0.285. The molecule has 8 nitrogen and oxygen atoms in total. The van der Waals surface area contributed by atoms with Crippen LogP contribution in [0.4, 0.5) is 14.6 Å². The van der Waals surface area contributed by atoms with E-state index in [1.54, 1.807) is 10.9 Å². The number of piperidine rings is 1. The molecule has 182 valence electrons. The van der Waals surface area contributed by atoms with E-state index in [9.17, 15) is 8.78 Å². The Bertz CT molecular complexity index is 1650. The van der Waals surface area contributed by atoms with Crippen molar-refractivity contribution in [3.8, 4) is 11.3 Å². The van der Waals surface area contributed by atoms with E-state index in [2.05, 4.69) is 25.2 Å². The van der Waals surface area contributed by atoms with E-state index in [1.807, 2.05) is 25.4 Å². The molecule has 1 saturated heterocycles. The van der Waals surface area contributed by atoms with Crippen LogP contribution in [0.15, 0.2) is 42.7 Å². The molecule has 1 aliphatic carbocycles. The van der Waals surface area contributed by atoms with Crippen molar-refractivity contribution >= 4 is 39.5 Å². The second kappa shape index (κ2) is 7.44. The van der Waals surface area contributed by atoms with E-state index in [0.29, 0.717) is 40.8 Å². The predicted molar refractivity (Wildman–Crippen MR) is 133 cm³/mol. The maximum atomic E-state index is 14.6. The highest BCUT2D eigenvalue weighted by molar-refractivity contribution is 6.38. The highest BCUT2D eigenvalue weighted by Crippen LogP contribution is 2.64. The van der Waals surface area contributed by atoms with Crippen LogP contribution in [0.25, 0.3) is 33.3 Å². The van der Waals surface area contributed by atoms with Gasteiger partial charge in [-0.15, -0.1) is 0 Å². The molecule has 5 aromatic rings. The number of nitrogens with one attached hydrogen (secondary N) is 1. The van der Waals surface area contributed by atoms with Gasteiger partial charge in [-0.1, -0.05) is 17.7 Å². The third kappa shape index (κ3) is 2.82. The first-order valence-corrected chi connectivity index (χ1v) is 12.0. The molecule has 0 amide bonds. The lowest BCUT2D eigenvalue weighted by molar-refractivity contribution is 0.470. The molecule has 3 N–H and O–H groups in total. The molecule has 4 heterocycles. The number of benzene rings is 2. The van der Waals surface area contributed by atoms with E-state index in [4.69, 9.17) is 22.3 Å². The summed E-state index contributed by atoms with van der Waals surface area (Å²) in [5, 5.41) is 13.2. The maximum Gasteiger partial charge on any atom is 0.177 e. The number of fused-ring (bicyclic) bond motifs is 3. The molecular weight excluding hydrogens is 486 g/mol. The van der Waals surface area contributed by atoms with Gasteiger partial charge >= 0.3 is 0 Å².